The summed E-state index contributed by atoms with van der Waals surface area (Å²) in [5, 5.41) is 2.61. The van der Waals surface area contributed by atoms with Crippen LogP contribution < -0.4 is 14.8 Å². The number of rotatable bonds is 7. The maximum absolute atomic E-state index is 12.7. The molecule has 4 nitrogen and oxygen atoms in total. The van der Waals surface area contributed by atoms with Crippen LogP contribution in [0.1, 0.15) is 46.8 Å². The Morgan fingerprint density at radius 3 is 2.28 bits per heavy atom. The van der Waals surface area contributed by atoms with Crippen LogP contribution in [0.3, 0.4) is 0 Å². The van der Waals surface area contributed by atoms with Gasteiger partial charge in [0.15, 0.2) is 0 Å². The second-order valence-electron chi connectivity index (χ2n) is 7.54. The first kappa shape index (κ1) is 23.2. The summed E-state index contributed by atoms with van der Waals surface area (Å²) in [7, 11) is 1.53. The molecule has 0 aromatic heterocycles. The average molecular weight is 443 g/mol. The highest BCUT2D eigenvalue weighted by Gasteiger charge is 2.30. The van der Waals surface area contributed by atoms with Crippen molar-refractivity contribution in [2.24, 2.45) is 0 Å². The highest BCUT2D eigenvalue weighted by Crippen LogP contribution is 2.30. The maximum atomic E-state index is 12.7. The summed E-state index contributed by atoms with van der Waals surface area (Å²) in [4.78, 5) is 12.7. The molecule has 0 saturated carbocycles. The zero-order valence-corrected chi connectivity index (χ0v) is 18.0. The van der Waals surface area contributed by atoms with Gasteiger partial charge in [0.2, 0.25) is 0 Å². The molecule has 0 aliphatic carbocycles. The monoisotopic (exact) mass is 443 g/mol. The molecular formula is C25H24F3NO3. The van der Waals surface area contributed by atoms with Gasteiger partial charge < -0.3 is 14.8 Å². The molecule has 0 atom stereocenters. The quantitative estimate of drug-likeness (QED) is 0.444. The van der Waals surface area contributed by atoms with Crippen LogP contribution in [-0.4, -0.2) is 13.0 Å². The van der Waals surface area contributed by atoms with Gasteiger partial charge in [0.25, 0.3) is 5.91 Å². The molecule has 1 N–H and O–H groups in total. The zero-order chi connectivity index (χ0) is 23.3. The molecule has 1 amide bonds. The Bertz CT molecular complexity index is 1080. The third kappa shape index (κ3) is 5.60. The molecule has 0 aliphatic heterocycles. The highest BCUT2D eigenvalue weighted by atomic mass is 19.4. The normalized spacial score (nSPS) is 11.3. The number of carbonyl (C=O) groups excluding carboxylic acids is 1. The molecule has 168 valence electrons. The molecule has 0 spiro atoms. The highest BCUT2D eigenvalue weighted by molar-refractivity contribution is 6.04. The third-order valence-corrected chi connectivity index (χ3v) is 4.94. The lowest BCUT2D eigenvalue weighted by molar-refractivity contribution is -0.137. The van der Waals surface area contributed by atoms with Gasteiger partial charge in [0.1, 0.15) is 18.1 Å². The van der Waals surface area contributed by atoms with Crippen LogP contribution in [0.4, 0.5) is 18.9 Å². The molecule has 0 aliphatic rings. The van der Waals surface area contributed by atoms with E-state index in [4.69, 9.17) is 9.47 Å². The molecule has 3 aromatic rings. The predicted molar refractivity (Wildman–Crippen MR) is 117 cm³/mol. The fourth-order valence-corrected chi connectivity index (χ4v) is 3.22. The van der Waals surface area contributed by atoms with Crippen molar-refractivity contribution in [3.8, 4) is 11.5 Å². The molecule has 0 radical (unpaired) electrons. The van der Waals surface area contributed by atoms with Gasteiger partial charge in [-0.1, -0.05) is 32.0 Å². The summed E-state index contributed by atoms with van der Waals surface area (Å²) < 4.78 is 49.5. The van der Waals surface area contributed by atoms with Crippen molar-refractivity contribution in [2.45, 2.75) is 32.5 Å². The van der Waals surface area contributed by atoms with Crippen LogP contribution in [0.15, 0.2) is 66.7 Å². The fourth-order valence-electron chi connectivity index (χ4n) is 3.22. The third-order valence-electron chi connectivity index (χ3n) is 4.94. The summed E-state index contributed by atoms with van der Waals surface area (Å²) in [5.41, 5.74) is 1.57. The Kier molecular flexibility index (Phi) is 7.08. The number of amides is 1. The van der Waals surface area contributed by atoms with Crippen LogP contribution in [-0.2, 0) is 12.8 Å². The van der Waals surface area contributed by atoms with Gasteiger partial charge in [0, 0.05) is 16.8 Å². The van der Waals surface area contributed by atoms with E-state index < -0.39 is 17.6 Å². The minimum Gasteiger partial charge on any atom is -0.496 e. The Hall–Kier alpha value is -3.48. The summed E-state index contributed by atoms with van der Waals surface area (Å²) >= 11 is 0. The van der Waals surface area contributed by atoms with Crippen molar-refractivity contribution >= 4 is 11.6 Å². The number of nitrogens with one attached hydrogen (secondary N) is 1. The zero-order valence-electron chi connectivity index (χ0n) is 18.0. The van der Waals surface area contributed by atoms with E-state index >= 15 is 0 Å². The minimum atomic E-state index is -4.43. The molecule has 0 saturated heterocycles. The van der Waals surface area contributed by atoms with Gasteiger partial charge in [-0.15, -0.1) is 0 Å². The lowest BCUT2D eigenvalue weighted by Crippen LogP contribution is -2.13. The predicted octanol–water partition coefficient (Wildman–Crippen LogP) is 6.67. The lowest BCUT2D eigenvalue weighted by Gasteiger charge is -2.16. The van der Waals surface area contributed by atoms with Crippen molar-refractivity contribution in [1.82, 2.24) is 0 Å². The van der Waals surface area contributed by atoms with Crippen molar-refractivity contribution in [2.75, 3.05) is 12.4 Å². The topological polar surface area (TPSA) is 47.6 Å². The number of halogens is 3. The molecule has 0 unspecified atom stereocenters. The second-order valence-corrected chi connectivity index (χ2v) is 7.54. The van der Waals surface area contributed by atoms with E-state index in [2.05, 4.69) is 19.2 Å². The van der Waals surface area contributed by atoms with Crippen molar-refractivity contribution in [1.29, 1.82) is 0 Å². The molecule has 0 fully saturated rings. The van der Waals surface area contributed by atoms with Gasteiger partial charge in [-0.3, -0.25) is 4.79 Å². The van der Waals surface area contributed by atoms with Crippen LogP contribution in [0, 0.1) is 0 Å². The largest absolute Gasteiger partial charge is 0.496 e. The number of anilines is 1. The van der Waals surface area contributed by atoms with E-state index in [1.54, 1.807) is 18.2 Å². The van der Waals surface area contributed by atoms with Crippen molar-refractivity contribution in [3.05, 3.63) is 89.0 Å². The molecule has 3 aromatic carbocycles. The standard InChI is InChI=1S/C25H24F3NO3/c1-16(2)21-6-4-5-7-23(21)32-15-18-14-17(8-13-22(18)31-3)24(30)29-20-11-9-19(10-12-20)25(26,27)28/h4-14,16H,15H2,1-3H3,(H,29,30). The molecule has 0 heterocycles. The van der Waals surface area contributed by atoms with Gasteiger partial charge in [0.05, 0.1) is 12.7 Å². The van der Waals surface area contributed by atoms with Gasteiger partial charge >= 0.3 is 6.18 Å². The smallest absolute Gasteiger partial charge is 0.416 e. The maximum Gasteiger partial charge on any atom is 0.416 e. The first-order valence-electron chi connectivity index (χ1n) is 10.1. The summed E-state index contributed by atoms with van der Waals surface area (Å²) in [6, 6.07) is 16.9. The number of carbonyl (C=O) groups is 1. The van der Waals surface area contributed by atoms with Crippen molar-refractivity contribution in [3.63, 3.8) is 0 Å². The Morgan fingerprint density at radius 1 is 0.969 bits per heavy atom. The fraction of sp³-hybridized carbons (Fsp3) is 0.240. The molecular weight excluding hydrogens is 419 g/mol. The van der Waals surface area contributed by atoms with Gasteiger partial charge in [-0.05, 0) is 60.0 Å². The Morgan fingerprint density at radius 2 is 1.66 bits per heavy atom. The van der Waals surface area contributed by atoms with E-state index in [1.807, 2.05) is 24.3 Å². The van der Waals surface area contributed by atoms with Crippen LogP contribution in [0.2, 0.25) is 0 Å². The van der Waals surface area contributed by atoms with Crippen LogP contribution >= 0.6 is 0 Å². The van der Waals surface area contributed by atoms with E-state index in [0.717, 1.165) is 23.4 Å². The first-order chi connectivity index (χ1) is 15.2. The van der Waals surface area contributed by atoms with Gasteiger partial charge in [-0.2, -0.15) is 13.2 Å². The van der Waals surface area contributed by atoms with E-state index in [9.17, 15) is 18.0 Å². The second kappa shape index (κ2) is 9.77. The number of hydrogen-bond donors (Lipinski definition) is 1. The van der Waals surface area contributed by atoms with E-state index in [-0.39, 0.29) is 18.2 Å². The first-order valence-corrected chi connectivity index (χ1v) is 10.1. The Balaban J connectivity index is 1.76. The average Bonchev–Trinajstić information content (AvgIpc) is 2.77. The SMILES string of the molecule is COc1ccc(C(=O)Nc2ccc(C(F)(F)F)cc2)cc1COc1ccccc1C(C)C. The van der Waals surface area contributed by atoms with Crippen LogP contribution in [0.5, 0.6) is 11.5 Å². The summed E-state index contributed by atoms with van der Waals surface area (Å²) in [5.74, 6) is 1.16. The number of hydrogen-bond acceptors (Lipinski definition) is 3. The number of benzene rings is 3. The number of alkyl halides is 3. The Labute approximate surface area is 185 Å². The van der Waals surface area contributed by atoms with Crippen LogP contribution in [0.25, 0.3) is 0 Å². The van der Waals surface area contributed by atoms with Gasteiger partial charge in [-0.25, -0.2) is 0 Å². The number of methoxy groups -OCH3 is 1. The van der Waals surface area contributed by atoms with Crippen molar-refractivity contribution < 1.29 is 27.4 Å². The number of ether oxygens (including phenoxy) is 2. The molecule has 32 heavy (non-hydrogen) atoms. The number of para-hydroxylation sites is 1. The summed E-state index contributed by atoms with van der Waals surface area (Å²) in [6.45, 7) is 4.35. The molecule has 3 rings (SSSR count). The van der Waals surface area contributed by atoms with E-state index in [1.165, 1.54) is 19.2 Å². The van der Waals surface area contributed by atoms with E-state index in [0.29, 0.717) is 16.9 Å². The molecule has 7 heteroatoms. The lowest BCUT2D eigenvalue weighted by atomic mass is 10.0. The minimum absolute atomic E-state index is 0.189. The molecule has 0 bridgehead atoms. The summed E-state index contributed by atoms with van der Waals surface area (Å²) in [6.07, 6.45) is -4.43.